The number of rotatable bonds is 4. The number of benzene rings is 1. The number of hydrogen-bond acceptors (Lipinski definition) is 4. The zero-order valence-corrected chi connectivity index (χ0v) is 15.6. The number of aromatic nitrogens is 3. The Bertz CT molecular complexity index is 1000. The molecule has 1 aliphatic heterocycles. The molecule has 7 nitrogen and oxygen atoms in total. The second-order valence-electron chi connectivity index (χ2n) is 6.64. The lowest BCUT2D eigenvalue weighted by Gasteiger charge is -2.21. The van der Waals surface area contributed by atoms with Crippen molar-refractivity contribution in [2.45, 2.75) is 32.4 Å². The molecule has 1 atom stereocenters. The Morgan fingerprint density at radius 2 is 2.07 bits per heavy atom. The Labute approximate surface area is 160 Å². The minimum atomic E-state index is -0.399. The normalized spacial score (nSPS) is 16.8. The van der Waals surface area contributed by atoms with E-state index in [4.69, 9.17) is 16.0 Å². The number of carbonyl (C=O) groups excluding carboxylic acids is 1. The first-order valence-electron chi connectivity index (χ1n) is 8.84. The first-order chi connectivity index (χ1) is 13.0. The minimum absolute atomic E-state index is 0.0766. The van der Waals surface area contributed by atoms with Gasteiger partial charge in [0.05, 0.1) is 12.0 Å². The van der Waals surface area contributed by atoms with Crippen LogP contribution in [0.4, 0.5) is 0 Å². The van der Waals surface area contributed by atoms with Gasteiger partial charge in [-0.05, 0) is 56.2 Å². The van der Waals surface area contributed by atoms with Crippen molar-refractivity contribution in [2.75, 3.05) is 6.54 Å². The molecule has 1 fully saturated rings. The summed E-state index contributed by atoms with van der Waals surface area (Å²) < 4.78 is 8.05. The zero-order valence-electron chi connectivity index (χ0n) is 14.8. The molecule has 0 saturated carbocycles. The minimum Gasteiger partial charge on any atom is -0.461 e. The summed E-state index contributed by atoms with van der Waals surface area (Å²) in [4.78, 5) is 27.6. The van der Waals surface area contributed by atoms with Crippen LogP contribution in [-0.2, 0) is 11.3 Å². The van der Waals surface area contributed by atoms with Gasteiger partial charge in [0, 0.05) is 17.6 Å². The molecule has 0 spiro atoms. The van der Waals surface area contributed by atoms with Crippen molar-refractivity contribution in [2.24, 2.45) is 0 Å². The molecule has 1 aromatic carbocycles. The van der Waals surface area contributed by atoms with Crippen LogP contribution in [0.15, 0.2) is 51.9 Å². The number of amides is 1. The Balaban J connectivity index is 1.76. The lowest BCUT2D eigenvalue weighted by Crippen LogP contribution is -2.38. The molecule has 0 N–H and O–H groups in total. The molecule has 27 heavy (non-hydrogen) atoms. The molecule has 3 aromatic rings. The summed E-state index contributed by atoms with van der Waals surface area (Å²) in [5.74, 6) is 0.660. The van der Waals surface area contributed by atoms with Gasteiger partial charge < -0.3 is 9.32 Å². The van der Waals surface area contributed by atoms with Gasteiger partial charge in [-0.3, -0.25) is 9.36 Å². The van der Waals surface area contributed by atoms with Gasteiger partial charge in [0.25, 0.3) is 0 Å². The lowest BCUT2D eigenvalue weighted by molar-refractivity contribution is -0.132. The van der Waals surface area contributed by atoms with E-state index < -0.39 is 5.69 Å². The van der Waals surface area contributed by atoms with Crippen molar-refractivity contribution in [3.63, 3.8) is 0 Å². The van der Waals surface area contributed by atoms with Gasteiger partial charge in [-0.1, -0.05) is 11.6 Å². The molecule has 0 bridgehead atoms. The first kappa shape index (κ1) is 17.6. The summed E-state index contributed by atoms with van der Waals surface area (Å²) in [5, 5.41) is 4.98. The third kappa shape index (κ3) is 3.30. The molecule has 3 heterocycles. The van der Waals surface area contributed by atoms with E-state index in [1.54, 1.807) is 36.4 Å². The predicted molar refractivity (Wildman–Crippen MR) is 101 cm³/mol. The molecule has 2 aromatic heterocycles. The van der Waals surface area contributed by atoms with E-state index in [9.17, 15) is 9.59 Å². The first-order valence-corrected chi connectivity index (χ1v) is 9.21. The molecular formula is C19H19ClN4O3. The summed E-state index contributed by atoms with van der Waals surface area (Å²) in [5.41, 5.74) is 0.168. The molecule has 8 heteroatoms. The van der Waals surface area contributed by atoms with Crippen LogP contribution in [0.3, 0.4) is 0 Å². The number of furan rings is 1. The van der Waals surface area contributed by atoms with Crippen molar-refractivity contribution in [3.8, 4) is 17.3 Å². The third-order valence-electron chi connectivity index (χ3n) is 4.84. The van der Waals surface area contributed by atoms with Gasteiger partial charge in [-0.25, -0.2) is 4.79 Å². The molecule has 1 amide bonds. The van der Waals surface area contributed by atoms with E-state index >= 15 is 0 Å². The van der Waals surface area contributed by atoms with Crippen LogP contribution < -0.4 is 5.69 Å². The van der Waals surface area contributed by atoms with Gasteiger partial charge in [-0.2, -0.15) is 4.68 Å². The number of hydrogen-bond donors (Lipinski definition) is 0. The van der Waals surface area contributed by atoms with E-state index in [0.29, 0.717) is 22.3 Å². The standard InChI is InChI=1S/C19H19ClN4O3/c1-13-4-2-10-22(13)17(25)12-23-18(16-5-3-11-27-16)21-24(19(23)26)15-8-6-14(20)7-9-15/h3,5-9,11,13H,2,4,10,12H2,1H3/t13-/m1/s1. The van der Waals surface area contributed by atoms with Crippen LogP contribution in [-0.4, -0.2) is 37.7 Å². The van der Waals surface area contributed by atoms with Crippen molar-refractivity contribution < 1.29 is 9.21 Å². The summed E-state index contributed by atoms with van der Waals surface area (Å²) in [6, 6.07) is 10.4. The summed E-state index contributed by atoms with van der Waals surface area (Å²) in [6.07, 6.45) is 3.47. The van der Waals surface area contributed by atoms with E-state index in [-0.39, 0.29) is 18.5 Å². The van der Waals surface area contributed by atoms with Gasteiger partial charge in [0.1, 0.15) is 6.54 Å². The van der Waals surface area contributed by atoms with E-state index in [2.05, 4.69) is 5.10 Å². The van der Waals surface area contributed by atoms with Crippen LogP contribution in [0.5, 0.6) is 0 Å². The van der Waals surface area contributed by atoms with Crippen molar-refractivity contribution >= 4 is 17.5 Å². The SMILES string of the molecule is C[C@@H]1CCCN1C(=O)Cn1c(-c2ccco2)nn(-c2ccc(Cl)cc2)c1=O. The van der Waals surface area contributed by atoms with E-state index in [0.717, 1.165) is 19.4 Å². The van der Waals surface area contributed by atoms with Crippen LogP contribution in [0.2, 0.25) is 5.02 Å². The van der Waals surface area contributed by atoms with Gasteiger partial charge in [-0.15, -0.1) is 5.10 Å². The zero-order chi connectivity index (χ0) is 19.0. The third-order valence-corrected chi connectivity index (χ3v) is 5.09. The highest BCUT2D eigenvalue weighted by Gasteiger charge is 2.27. The van der Waals surface area contributed by atoms with Gasteiger partial charge in [0.15, 0.2) is 5.76 Å². The Morgan fingerprint density at radius 1 is 1.30 bits per heavy atom. The van der Waals surface area contributed by atoms with Crippen molar-refractivity contribution in [1.29, 1.82) is 0 Å². The molecule has 0 aliphatic carbocycles. The van der Waals surface area contributed by atoms with E-state index in [1.165, 1.54) is 15.5 Å². The lowest BCUT2D eigenvalue weighted by atomic mass is 10.2. The summed E-state index contributed by atoms with van der Waals surface area (Å²) in [6.45, 7) is 2.67. The Hall–Kier alpha value is -2.80. The topological polar surface area (TPSA) is 73.3 Å². The fourth-order valence-corrected chi connectivity index (χ4v) is 3.53. The molecule has 1 saturated heterocycles. The van der Waals surface area contributed by atoms with Gasteiger partial charge in [0.2, 0.25) is 11.7 Å². The van der Waals surface area contributed by atoms with Crippen LogP contribution >= 0.6 is 11.6 Å². The smallest absolute Gasteiger partial charge is 0.351 e. The van der Waals surface area contributed by atoms with Crippen LogP contribution in [0.25, 0.3) is 17.3 Å². The van der Waals surface area contributed by atoms with Gasteiger partial charge >= 0.3 is 5.69 Å². The number of likely N-dealkylation sites (tertiary alicyclic amines) is 1. The average Bonchev–Trinajstić information content (AvgIpc) is 3.38. The van der Waals surface area contributed by atoms with Crippen LogP contribution in [0, 0.1) is 0 Å². The second kappa shape index (κ2) is 7.08. The predicted octanol–water partition coefficient (Wildman–Crippen LogP) is 2.96. The molecular weight excluding hydrogens is 368 g/mol. The maximum atomic E-state index is 13.0. The summed E-state index contributed by atoms with van der Waals surface area (Å²) >= 11 is 5.93. The quantitative estimate of drug-likeness (QED) is 0.691. The molecule has 4 rings (SSSR count). The average molecular weight is 387 g/mol. The van der Waals surface area contributed by atoms with Crippen molar-refractivity contribution in [1.82, 2.24) is 19.2 Å². The second-order valence-corrected chi connectivity index (χ2v) is 7.07. The largest absolute Gasteiger partial charge is 0.461 e. The monoisotopic (exact) mass is 386 g/mol. The van der Waals surface area contributed by atoms with Crippen molar-refractivity contribution in [3.05, 3.63) is 58.2 Å². The maximum Gasteiger partial charge on any atom is 0.351 e. The number of halogens is 1. The fourth-order valence-electron chi connectivity index (χ4n) is 3.41. The maximum absolute atomic E-state index is 13.0. The Morgan fingerprint density at radius 3 is 2.70 bits per heavy atom. The highest BCUT2D eigenvalue weighted by atomic mass is 35.5. The highest BCUT2D eigenvalue weighted by Crippen LogP contribution is 2.20. The van der Waals surface area contributed by atoms with Crippen LogP contribution in [0.1, 0.15) is 19.8 Å². The fraction of sp³-hybridized carbons (Fsp3) is 0.316. The molecule has 1 aliphatic rings. The Kier molecular flexibility index (Phi) is 4.61. The number of nitrogens with zero attached hydrogens (tertiary/aromatic N) is 4. The summed E-state index contributed by atoms with van der Waals surface area (Å²) in [7, 11) is 0. The molecule has 0 unspecified atom stereocenters. The van der Waals surface area contributed by atoms with E-state index in [1.807, 2.05) is 11.8 Å². The molecule has 0 radical (unpaired) electrons. The molecule has 140 valence electrons. The number of carbonyl (C=O) groups is 1. The highest BCUT2D eigenvalue weighted by molar-refractivity contribution is 6.30.